The lowest BCUT2D eigenvalue weighted by Gasteiger charge is -2.38. The standard InChI is InChI=1S/C23H37N3O2/c1-4-24-12-10-21(11-13-24)25-15-22(28-18-20-8-6-5-7-9-20)16-26(14-19(2)3)23(27)17-25/h5-9,19,21-22H,4,10-18H2,1-3H3. The molecule has 0 saturated carbocycles. The van der Waals surface area contributed by atoms with E-state index in [9.17, 15) is 4.79 Å². The summed E-state index contributed by atoms with van der Waals surface area (Å²) in [7, 11) is 0. The van der Waals surface area contributed by atoms with Crippen molar-refractivity contribution in [1.82, 2.24) is 14.7 Å². The Kier molecular flexibility index (Phi) is 7.89. The summed E-state index contributed by atoms with van der Waals surface area (Å²) in [5.41, 5.74) is 1.19. The third-order valence-electron chi connectivity index (χ3n) is 5.99. The molecule has 5 nitrogen and oxygen atoms in total. The highest BCUT2D eigenvalue weighted by Gasteiger charge is 2.33. The number of piperidine rings is 1. The highest BCUT2D eigenvalue weighted by atomic mass is 16.5. The molecule has 3 rings (SSSR count). The summed E-state index contributed by atoms with van der Waals surface area (Å²) in [6, 6.07) is 10.8. The first-order chi connectivity index (χ1) is 13.5. The number of carbonyl (C=O) groups is 1. The van der Waals surface area contributed by atoms with Crippen molar-refractivity contribution in [2.75, 3.05) is 45.8 Å². The molecule has 156 valence electrons. The van der Waals surface area contributed by atoms with Crippen molar-refractivity contribution in [3.05, 3.63) is 35.9 Å². The fourth-order valence-electron chi connectivity index (χ4n) is 4.39. The van der Waals surface area contributed by atoms with E-state index in [1.54, 1.807) is 0 Å². The van der Waals surface area contributed by atoms with E-state index < -0.39 is 0 Å². The van der Waals surface area contributed by atoms with Gasteiger partial charge in [-0.1, -0.05) is 51.1 Å². The molecule has 0 aromatic heterocycles. The average molecular weight is 388 g/mol. The molecule has 5 heteroatoms. The minimum atomic E-state index is 0.0645. The van der Waals surface area contributed by atoms with Crippen LogP contribution in [0.5, 0.6) is 0 Å². The van der Waals surface area contributed by atoms with Crippen molar-refractivity contribution >= 4 is 5.91 Å². The van der Waals surface area contributed by atoms with Crippen molar-refractivity contribution in [2.24, 2.45) is 5.92 Å². The largest absolute Gasteiger partial charge is 0.370 e. The predicted molar refractivity (Wildman–Crippen MR) is 113 cm³/mol. The maximum absolute atomic E-state index is 13.0. The molecule has 1 unspecified atom stereocenters. The number of benzene rings is 1. The molecule has 1 amide bonds. The number of amides is 1. The zero-order valence-corrected chi connectivity index (χ0v) is 17.8. The second-order valence-corrected chi connectivity index (χ2v) is 8.71. The van der Waals surface area contributed by atoms with E-state index in [1.165, 1.54) is 5.56 Å². The average Bonchev–Trinajstić information content (AvgIpc) is 2.86. The van der Waals surface area contributed by atoms with Gasteiger partial charge in [-0.05, 0) is 44.0 Å². The molecule has 0 aliphatic carbocycles. The minimum absolute atomic E-state index is 0.0645. The number of carbonyl (C=O) groups excluding carboxylic acids is 1. The van der Waals surface area contributed by atoms with Crippen LogP contribution in [0.1, 0.15) is 39.2 Å². The Morgan fingerprint density at radius 1 is 1.11 bits per heavy atom. The summed E-state index contributed by atoms with van der Waals surface area (Å²) in [6.07, 6.45) is 2.36. The second kappa shape index (κ2) is 10.4. The van der Waals surface area contributed by atoms with Gasteiger partial charge in [0.15, 0.2) is 0 Å². The van der Waals surface area contributed by atoms with E-state index in [1.807, 2.05) is 23.1 Å². The van der Waals surface area contributed by atoms with Gasteiger partial charge < -0.3 is 14.5 Å². The third kappa shape index (κ3) is 6.03. The summed E-state index contributed by atoms with van der Waals surface area (Å²) in [6.45, 7) is 13.5. The second-order valence-electron chi connectivity index (χ2n) is 8.71. The van der Waals surface area contributed by atoms with E-state index in [0.29, 0.717) is 31.7 Å². The number of rotatable bonds is 7. The van der Waals surface area contributed by atoms with Crippen LogP contribution in [-0.2, 0) is 16.1 Å². The van der Waals surface area contributed by atoms with Crippen molar-refractivity contribution in [1.29, 1.82) is 0 Å². The van der Waals surface area contributed by atoms with Gasteiger partial charge in [-0.2, -0.15) is 0 Å². The van der Waals surface area contributed by atoms with Gasteiger partial charge in [0.25, 0.3) is 0 Å². The van der Waals surface area contributed by atoms with Crippen LogP contribution < -0.4 is 0 Å². The van der Waals surface area contributed by atoms with Crippen molar-refractivity contribution in [3.63, 3.8) is 0 Å². The van der Waals surface area contributed by atoms with Crippen LogP contribution in [0.25, 0.3) is 0 Å². The third-order valence-corrected chi connectivity index (χ3v) is 5.99. The molecule has 2 heterocycles. The topological polar surface area (TPSA) is 36.0 Å². The summed E-state index contributed by atoms with van der Waals surface area (Å²) in [5, 5.41) is 0. The summed E-state index contributed by atoms with van der Waals surface area (Å²) in [4.78, 5) is 19.9. The van der Waals surface area contributed by atoms with E-state index in [4.69, 9.17) is 4.74 Å². The van der Waals surface area contributed by atoms with Gasteiger partial charge >= 0.3 is 0 Å². The van der Waals surface area contributed by atoms with Crippen LogP contribution in [-0.4, -0.2) is 78.6 Å². The molecule has 0 N–H and O–H groups in total. The Hall–Kier alpha value is -1.43. The molecule has 1 aromatic rings. The Labute approximate surface area is 170 Å². The summed E-state index contributed by atoms with van der Waals surface area (Å²) in [5.74, 6) is 0.732. The minimum Gasteiger partial charge on any atom is -0.370 e. The Balaban J connectivity index is 1.66. The Morgan fingerprint density at radius 3 is 2.46 bits per heavy atom. The molecule has 0 spiro atoms. The number of hydrogen-bond donors (Lipinski definition) is 0. The molecule has 2 fully saturated rings. The van der Waals surface area contributed by atoms with Crippen LogP contribution in [0.3, 0.4) is 0 Å². The van der Waals surface area contributed by atoms with Crippen molar-refractivity contribution < 1.29 is 9.53 Å². The fraction of sp³-hybridized carbons (Fsp3) is 0.696. The summed E-state index contributed by atoms with van der Waals surface area (Å²) >= 11 is 0. The normalized spacial score (nSPS) is 23.4. The van der Waals surface area contributed by atoms with Crippen molar-refractivity contribution in [3.8, 4) is 0 Å². The molecule has 2 saturated heterocycles. The van der Waals surface area contributed by atoms with E-state index in [0.717, 1.165) is 45.6 Å². The first-order valence-corrected chi connectivity index (χ1v) is 10.9. The fourth-order valence-corrected chi connectivity index (χ4v) is 4.39. The number of hydrogen-bond acceptors (Lipinski definition) is 4. The SMILES string of the molecule is CCN1CCC(N2CC(=O)N(CC(C)C)CC(OCc3ccccc3)C2)CC1. The van der Waals surface area contributed by atoms with Crippen LogP contribution in [0, 0.1) is 5.92 Å². The van der Waals surface area contributed by atoms with Gasteiger partial charge in [-0.3, -0.25) is 9.69 Å². The lowest BCUT2D eigenvalue weighted by atomic mass is 10.0. The maximum atomic E-state index is 13.0. The van der Waals surface area contributed by atoms with Crippen LogP contribution in [0.4, 0.5) is 0 Å². The number of ether oxygens (including phenoxy) is 1. The zero-order chi connectivity index (χ0) is 19.9. The highest BCUT2D eigenvalue weighted by molar-refractivity contribution is 5.78. The smallest absolute Gasteiger partial charge is 0.236 e. The zero-order valence-electron chi connectivity index (χ0n) is 17.8. The molecule has 0 radical (unpaired) electrons. The first-order valence-electron chi connectivity index (χ1n) is 10.9. The number of nitrogens with zero attached hydrogens (tertiary/aromatic N) is 3. The van der Waals surface area contributed by atoms with Crippen LogP contribution >= 0.6 is 0 Å². The number of likely N-dealkylation sites (tertiary alicyclic amines) is 1. The van der Waals surface area contributed by atoms with Crippen molar-refractivity contribution in [2.45, 2.75) is 52.4 Å². The monoisotopic (exact) mass is 387 g/mol. The molecule has 1 aromatic carbocycles. The first kappa shape index (κ1) is 21.3. The van der Waals surface area contributed by atoms with Crippen LogP contribution in [0.2, 0.25) is 0 Å². The molecular weight excluding hydrogens is 350 g/mol. The molecule has 1 atom stereocenters. The van der Waals surface area contributed by atoms with Gasteiger partial charge in [-0.25, -0.2) is 0 Å². The van der Waals surface area contributed by atoms with E-state index in [2.05, 4.69) is 42.7 Å². The summed E-state index contributed by atoms with van der Waals surface area (Å²) < 4.78 is 6.33. The van der Waals surface area contributed by atoms with Gasteiger partial charge in [0, 0.05) is 25.7 Å². The quantitative estimate of drug-likeness (QED) is 0.721. The lowest BCUT2D eigenvalue weighted by Crippen LogP contribution is -2.48. The molecule has 2 aliphatic rings. The lowest BCUT2D eigenvalue weighted by molar-refractivity contribution is -0.132. The van der Waals surface area contributed by atoms with Gasteiger partial charge in [-0.15, -0.1) is 0 Å². The maximum Gasteiger partial charge on any atom is 0.236 e. The van der Waals surface area contributed by atoms with Gasteiger partial charge in [0.2, 0.25) is 5.91 Å². The Bertz CT molecular complexity index is 599. The highest BCUT2D eigenvalue weighted by Crippen LogP contribution is 2.21. The Morgan fingerprint density at radius 2 is 1.82 bits per heavy atom. The molecule has 28 heavy (non-hydrogen) atoms. The van der Waals surface area contributed by atoms with E-state index >= 15 is 0 Å². The van der Waals surface area contributed by atoms with Gasteiger partial charge in [0.1, 0.15) is 0 Å². The van der Waals surface area contributed by atoms with Gasteiger partial charge in [0.05, 0.1) is 19.3 Å². The van der Waals surface area contributed by atoms with Crippen LogP contribution in [0.15, 0.2) is 30.3 Å². The molecular formula is C23H37N3O2. The molecule has 0 bridgehead atoms. The molecule has 2 aliphatic heterocycles. The predicted octanol–water partition coefficient (Wildman–Crippen LogP) is 2.86. The van der Waals surface area contributed by atoms with E-state index in [-0.39, 0.29) is 12.0 Å².